The lowest BCUT2D eigenvalue weighted by atomic mass is 10.0. The van der Waals surface area contributed by atoms with Crippen LogP contribution in [0.2, 0.25) is 0 Å². The highest BCUT2D eigenvalue weighted by atomic mass is 79.9. The van der Waals surface area contributed by atoms with Gasteiger partial charge in [0.15, 0.2) is 0 Å². The minimum absolute atomic E-state index is 0.181. The fraction of sp³-hybridized carbons (Fsp3) is 0.333. The first-order valence-electron chi connectivity index (χ1n) is 7.31. The Kier molecular flexibility index (Phi) is 5.83. The molecule has 2 N–H and O–H groups in total. The highest BCUT2D eigenvalue weighted by molar-refractivity contribution is 9.10. The van der Waals surface area contributed by atoms with Gasteiger partial charge in [-0.25, -0.2) is 0 Å². The number of aryl methyl sites for hydroxylation is 1. The molecular weight excluding hydrogens is 326 g/mol. The van der Waals surface area contributed by atoms with E-state index in [9.17, 15) is 0 Å². The third-order valence-corrected chi connectivity index (χ3v) is 4.00. The number of halogens is 1. The molecule has 0 aliphatic heterocycles. The standard InChI is InChI=1S/C18H22BrNO/c1-3-17(20)11-15-9-13(2)7-8-18(15)21-12-14-5-4-6-16(19)10-14/h4-10,17H,3,11-12,20H2,1-2H3. The van der Waals surface area contributed by atoms with Crippen molar-refractivity contribution in [2.24, 2.45) is 5.73 Å². The molecule has 21 heavy (non-hydrogen) atoms. The van der Waals surface area contributed by atoms with Gasteiger partial charge in [0, 0.05) is 10.5 Å². The van der Waals surface area contributed by atoms with Crippen LogP contribution in [0, 0.1) is 6.92 Å². The predicted octanol–water partition coefficient (Wildman–Crippen LogP) is 4.62. The van der Waals surface area contributed by atoms with Crippen molar-refractivity contribution < 1.29 is 4.74 Å². The number of nitrogens with two attached hydrogens (primary N) is 1. The van der Waals surface area contributed by atoms with Crippen molar-refractivity contribution in [3.05, 3.63) is 63.6 Å². The molecule has 112 valence electrons. The Morgan fingerprint density at radius 3 is 2.71 bits per heavy atom. The van der Waals surface area contributed by atoms with E-state index < -0.39 is 0 Å². The van der Waals surface area contributed by atoms with Gasteiger partial charge in [-0.05, 0) is 49.1 Å². The van der Waals surface area contributed by atoms with Gasteiger partial charge in [-0.1, -0.05) is 52.7 Å². The molecule has 0 bridgehead atoms. The highest BCUT2D eigenvalue weighted by Crippen LogP contribution is 2.23. The van der Waals surface area contributed by atoms with Crippen LogP contribution in [0.25, 0.3) is 0 Å². The van der Waals surface area contributed by atoms with E-state index in [0.29, 0.717) is 6.61 Å². The lowest BCUT2D eigenvalue weighted by Gasteiger charge is -2.15. The molecule has 0 radical (unpaired) electrons. The lowest BCUT2D eigenvalue weighted by molar-refractivity contribution is 0.302. The molecule has 0 heterocycles. The number of hydrogen-bond donors (Lipinski definition) is 1. The van der Waals surface area contributed by atoms with Gasteiger partial charge in [0.25, 0.3) is 0 Å². The maximum Gasteiger partial charge on any atom is 0.123 e. The Morgan fingerprint density at radius 1 is 1.19 bits per heavy atom. The third kappa shape index (κ3) is 4.87. The molecule has 0 saturated heterocycles. The molecule has 0 amide bonds. The summed E-state index contributed by atoms with van der Waals surface area (Å²) in [4.78, 5) is 0. The number of hydrogen-bond acceptors (Lipinski definition) is 2. The molecule has 0 saturated carbocycles. The molecule has 2 aromatic rings. The van der Waals surface area contributed by atoms with Gasteiger partial charge >= 0.3 is 0 Å². The van der Waals surface area contributed by atoms with Gasteiger partial charge in [0.1, 0.15) is 12.4 Å². The molecule has 1 unspecified atom stereocenters. The van der Waals surface area contributed by atoms with Crippen molar-refractivity contribution in [2.75, 3.05) is 0 Å². The summed E-state index contributed by atoms with van der Waals surface area (Å²) in [6.07, 6.45) is 1.82. The largest absolute Gasteiger partial charge is 0.489 e. The van der Waals surface area contributed by atoms with Gasteiger partial charge in [-0.15, -0.1) is 0 Å². The lowest BCUT2D eigenvalue weighted by Crippen LogP contribution is -2.21. The topological polar surface area (TPSA) is 35.2 Å². The minimum atomic E-state index is 0.181. The summed E-state index contributed by atoms with van der Waals surface area (Å²) in [5.41, 5.74) is 9.67. The quantitative estimate of drug-likeness (QED) is 0.827. The number of rotatable bonds is 6. The van der Waals surface area contributed by atoms with Crippen molar-refractivity contribution in [3.63, 3.8) is 0 Å². The molecule has 3 heteroatoms. The summed E-state index contributed by atoms with van der Waals surface area (Å²) in [6, 6.07) is 14.7. The summed E-state index contributed by atoms with van der Waals surface area (Å²) in [5, 5.41) is 0. The molecule has 0 aliphatic carbocycles. The minimum Gasteiger partial charge on any atom is -0.489 e. The number of benzene rings is 2. The number of ether oxygens (including phenoxy) is 1. The smallest absolute Gasteiger partial charge is 0.123 e. The summed E-state index contributed by atoms with van der Waals surface area (Å²) in [7, 11) is 0. The molecule has 2 nitrogen and oxygen atoms in total. The zero-order valence-electron chi connectivity index (χ0n) is 12.6. The van der Waals surface area contributed by atoms with Crippen molar-refractivity contribution in [1.29, 1.82) is 0 Å². The van der Waals surface area contributed by atoms with Crippen LogP contribution >= 0.6 is 15.9 Å². The SMILES string of the molecule is CCC(N)Cc1cc(C)ccc1OCc1cccc(Br)c1. The van der Waals surface area contributed by atoms with E-state index in [1.165, 1.54) is 11.1 Å². The summed E-state index contributed by atoms with van der Waals surface area (Å²) >= 11 is 3.48. The van der Waals surface area contributed by atoms with Crippen molar-refractivity contribution in [2.45, 2.75) is 39.3 Å². The highest BCUT2D eigenvalue weighted by Gasteiger charge is 2.09. The van der Waals surface area contributed by atoms with Crippen molar-refractivity contribution in [3.8, 4) is 5.75 Å². The van der Waals surface area contributed by atoms with Crippen LogP contribution in [-0.2, 0) is 13.0 Å². The molecule has 0 spiro atoms. The van der Waals surface area contributed by atoms with Gasteiger partial charge in [-0.3, -0.25) is 0 Å². The maximum atomic E-state index is 6.09. The van der Waals surface area contributed by atoms with Gasteiger partial charge < -0.3 is 10.5 Å². The molecule has 2 rings (SSSR count). The molecule has 2 aromatic carbocycles. The second kappa shape index (κ2) is 7.62. The first-order chi connectivity index (χ1) is 10.1. The monoisotopic (exact) mass is 347 g/mol. The molecule has 0 fully saturated rings. The second-order valence-electron chi connectivity index (χ2n) is 5.40. The molecule has 0 aromatic heterocycles. The van der Waals surface area contributed by atoms with Crippen LogP contribution in [0.5, 0.6) is 5.75 Å². The first kappa shape index (κ1) is 16.1. The zero-order valence-corrected chi connectivity index (χ0v) is 14.2. The van der Waals surface area contributed by atoms with E-state index in [-0.39, 0.29) is 6.04 Å². The van der Waals surface area contributed by atoms with Crippen LogP contribution in [0.1, 0.15) is 30.0 Å². The third-order valence-electron chi connectivity index (χ3n) is 3.51. The van der Waals surface area contributed by atoms with Crippen LogP contribution in [0.4, 0.5) is 0 Å². The summed E-state index contributed by atoms with van der Waals surface area (Å²) in [6.45, 7) is 4.78. The van der Waals surface area contributed by atoms with Gasteiger partial charge in [0.05, 0.1) is 0 Å². The maximum absolute atomic E-state index is 6.09. The first-order valence-corrected chi connectivity index (χ1v) is 8.10. The Morgan fingerprint density at radius 2 is 2.00 bits per heavy atom. The normalized spacial score (nSPS) is 12.2. The van der Waals surface area contributed by atoms with Crippen LogP contribution in [0.3, 0.4) is 0 Å². The summed E-state index contributed by atoms with van der Waals surface area (Å²) in [5.74, 6) is 0.935. The Bertz CT molecular complexity index is 598. The van der Waals surface area contributed by atoms with Crippen LogP contribution in [0.15, 0.2) is 46.9 Å². The average molecular weight is 348 g/mol. The Balaban J connectivity index is 2.11. The average Bonchev–Trinajstić information content (AvgIpc) is 2.46. The van der Waals surface area contributed by atoms with Crippen LogP contribution in [-0.4, -0.2) is 6.04 Å². The predicted molar refractivity (Wildman–Crippen MR) is 91.6 cm³/mol. The fourth-order valence-electron chi connectivity index (χ4n) is 2.22. The molecule has 1 atom stereocenters. The zero-order chi connectivity index (χ0) is 15.2. The van der Waals surface area contributed by atoms with E-state index in [0.717, 1.165) is 28.6 Å². The Labute approximate surface area is 135 Å². The Hall–Kier alpha value is -1.32. The van der Waals surface area contributed by atoms with Gasteiger partial charge in [-0.2, -0.15) is 0 Å². The molecule has 0 aliphatic rings. The second-order valence-corrected chi connectivity index (χ2v) is 6.32. The van der Waals surface area contributed by atoms with E-state index in [4.69, 9.17) is 10.5 Å². The van der Waals surface area contributed by atoms with E-state index >= 15 is 0 Å². The van der Waals surface area contributed by atoms with Gasteiger partial charge in [0.2, 0.25) is 0 Å². The molecular formula is C18H22BrNO. The van der Waals surface area contributed by atoms with Crippen molar-refractivity contribution >= 4 is 15.9 Å². The van der Waals surface area contributed by atoms with E-state index in [1.807, 2.05) is 18.2 Å². The van der Waals surface area contributed by atoms with Crippen molar-refractivity contribution in [1.82, 2.24) is 0 Å². The summed E-state index contributed by atoms with van der Waals surface area (Å²) < 4.78 is 7.07. The van der Waals surface area contributed by atoms with Crippen LogP contribution < -0.4 is 10.5 Å². The van der Waals surface area contributed by atoms with E-state index in [2.05, 4.69) is 54.0 Å². The fourth-order valence-corrected chi connectivity index (χ4v) is 2.67. The van der Waals surface area contributed by atoms with E-state index in [1.54, 1.807) is 0 Å².